The van der Waals surface area contributed by atoms with Crippen LogP contribution in [0.2, 0.25) is 0 Å². The molecule has 2 aromatic carbocycles. The normalized spacial score (nSPS) is 11.8. The van der Waals surface area contributed by atoms with Crippen LogP contribution in [0.4, 0.5) is 5.69 Å². The molecule has 0 saturated heterocycles. The number of hydrogen-bond donors (Lipinski definition) is 1. The average molecular weight is 297 g/mol. The fourth-order valence-corrected chi connectivity index (χ4v) is 2.34. The topological polar surface area (TPSA) is 38.3 Å². The molecule has 1 unspecified atom stereocenters. The molecule has 3 heteroatoms. The lowest BCUT2D eigenvalue weighted by Gasteiger charge is -2.18. The van der Waals surface area contributed by atoms with Gasteiger partial charge in [-0.15, -0.1) is 0 Å². The predicted molar refractivity (Wildman–Crippen MR) is 90.3 cm³/mol. The van der Waals surface area contributed by atoms with E-state index in [1.54, 1.807) is 0 Å². The van der Waals surface area contributed by atoms with Crippen LogP contribution in [0.5, 0.6) is 5.75 Å². The molecule has 0 heterocycles. The van der Waals surface area contributed by atoms with Gasteiger partial charge in [-0.2, -0.15) is 0 Å². The lowest BCUT2D eigenvalue weighted by Crippen LogP contribution is -2.32. The van der Waals surface area contributed by atoms with E-state index >= 15 is 0 Å². The van der Waals surface area contributed by atoms with E-state index < -0.39 is 6.10 Å². The van der Waals surface area contributed by atoms with Crippen LogP contribution >= 0.6 is 0 Å². The third-order valence-corrected chi connectivity index (χ3v) is 3.59. The summed E-state index contributed by atoms with van der Waals surface area (Å²) in [6.45, 7) is 6.03. The molecule has 0 aliphatic carbocycles. The molecule has 1 atom stereocenters. The van der Waals surface area contributed by atoms with Gasteiger partial charge in [0, 0.05) is 5.69 Å². The fourth-order valence-electron chi connectivity index (χ4n) is 2.34. The van der Waals surface area contributed by atoms with Crippen molar-refractivity contribution in [2.75, 3.05) is 5.32 Å². The van der Waals surface area contributed by atoms with Crippen LogP contribution in [0, 0.1) is 6.92 Å². The van der Waals surface area contributed by atoms with Crippen molar-refractivity contribution in [3.63, 3.8) is 0 Å². The highest BCUT2D eigenvalue weighted by Gasteiger charge is 2.19. The molecule has 0 saturated carbocycles. The third-order valence-electron chi connectivity index (χ3n) is 3.59. The Labute approximate surface area is 132 Å². The standard InChI is InChI=1S/C19H23NO2/c1-4-15-10-6-7-12-17(15)20-19(21)18(5-2)22-16-11-8-9-14(3)13-16/h6-13,18H,4-5H2,1-3H3,(H,20,21). The predicted octanol–water partition coefficient (Wildman–Crippen LogP) is 4.35. The van der Waals surface area contributed by atoms with Gasteiger partial charge in [-0.3, -0.25) is 4.79 Å². The Morgan fingerprint density at radius 3 is 2.59 bits per heavy atom. The van der Waals surface area contributed by atoms with Crippen LogP contribution < -0.4 is 10.1 Å². The molecule has 22 heavy (non-hydrogen) atoms. The van der Waals surface area contributed by atoms with Gasteiger partial charge in [-0.1, -0.05) is 44.2 Å². The van der Waals surface area contributed by atoms with Crippen LogP contribution in [0.3, 0.4) is 0 Å². The number of para-hydroxylation sites is 1. The van der Waals surface area contributed by atoms with E-state index in [1.807, 2.05) is 62.4 Å². The van der Waals surface area contributed by atoms with Crippen molar-refractivity contribution in [1.29, 1.82) is 0 Å². The molecule has 116 valence electrons. The average Bonchev–Trinajstić information content (AvgIpc) is 2.53. The first kappa shape index (κ1) is 16.1. The Kier molecular flexibility index (Phi) is 5.59. The van der Waals surface area contributed by atoms with E-state index in [0.717, 1.165) is 29.0 Å². The Bertz CT molecular complexity index is 637. The smallest absolute Gasteiger partial charge is 0.265 e. The van der Waals surface area contributed by atoms with Crippen LogP contribution in [-0.4, -0.2) is 12.0 Å². The second kappa shape index (κ2) is 7.64. The zero-order valence-electron chi connectivity index (χ0n) is 13.4. The second-order valence-corrected chi connectivity index (χ2v) is 5.33. The fraction of sp³-hybridized carbons (Fsp3) is 0.316. The minimum absolute atomic E-state index is 0.107. The Balaban J connectivity index is 2.09. The summed E-state index contributed by atoms with van der Waals surface area (Å²) in [5, 5.41) is 2.98. The summed E-state index contributed by atoms with van der Waals surface area (Å²) >= 11 is 0. The van der Waals surface area contributed by atoms with Crippen LogP contribution in [0.15, 0.2) is 48.5 Å². The Morgan fingerprint density at radius 1 is 1.14 bits per heavy atom. The molecule has 0 fully saturated rings. The van der Waals surface area contributed by atoms with E-state index in [-0.39, 0.29) is 5.91 Å². The second-order valence-electron chi connectivity index (χ2n) is 5.33. The van der Waals surface area contributed by atoms with Gasteiger partial charge in [-0.25, -0.2) is 0 Å². The summed E-state index contributed by atoms with van der Waals surface area (Å²) < 4.78 is 5.84. The third kappa shape index (κ3) is 4.10. The molecule has 0 aromatic heterocycles. The molecule has 0 aliphatic heterocycles. The monoisotopic (exact) mass is 297 g/mol. The first-order valence-electron chi connectivity index (χ1n) is 7.76. The molecule has 1 N–H and O–H groups in total. The largest absolute Gasteiger partial charge is 0.481 e. The lowest BCUT2D eigenvalue weighted by molar-refractivity contribution is -0.122. The first-order chi connectivity index (χ1) is 10.6. The zero-order valence-corrected chi connectivity index (χ0v) is 13.4. The summed E-state index contributed by atoms with van der Waals surface area (Å²) in [5.74, 6) is 0.621. The maximum absolute atomic E-state index is 12.5. The van der Waals surface area contributed by atoms with Crippen LogP contribution in [0.1, 0.15) is 31.4 Å². The molecular weight excluding hydrogens is 274 g/mol. The molecule has 3 nitrogen and oxygen atoms in total. The minimum Gasteiger partial charge on any atom is -0.481 e. The van der Waals surface area contributed by atoms with Gasteiger partial charge in [0.15, 0.2) is 6.10 Å². The van der Waals surface area contributed by atoms with Crippen molar-refractivity contribution in [2.24, 2.45) is 0 Å². The molecule has 0 bridgehead atoms. The summed E-state index contributed by atoms with van der Waals surface area (Å²) in [6, 6.07) is 15.6. The van der Waals surface area contributed by atoms with E-state index in [2.05, 4.69) is 12.2 Å². The highest BCUT2D eigenvalue weighted by atomic mass is 16.5. The number of carbonyl (C=O) groups excluding carboxylic acids is 1. The van der Waals surface area contributed by atoms with Crippen LogP contribution in [0.25, 0.3) is 0 Å². The highest BCUT2D eigenvalue weighted by molar-refractivity contribution is 5.95. The molecule has 2 aromatic rings. The van der Waals surface area contributed by atoms with Crippen LogP contribution in [-0.2, 0) is 11.2 Å². The van der Waals surface area contributed by atoms with Gasteiger partial charge in [-0.05, 0) is 49.1 Å². The van der Waals surface area contributed by atoms with E-state index in [9.17, 15) is 4.79 Å². The number of ether oxygens (including phenoxy) is 1. The number of carbonyl (C=O) groups is 1. The Hall–Kier alpha value is -2.29. The zero-order chi connectivity index (χ0) is 15.9. The maximum Gasteiger partial charge on any atom is 0.265 e. The lowest BCUT2D eigenvalue weighted by atomic mass is 10.1. The van der Waals surface area contributed by atoms with Crippen molar-refractivity contribution in [2.45, 2.75) is 39.7 Å². The van der Waals surface area contributed by atoms with Crippen molar-refractivity contribution < 1.29 is 9.53 Å². The van der Waals surface area contributed by atoms with Gasteiger partial charge < -0.3 is 10.1 Å². The molecular formula is C19H23NO2. The number of hydrogen-bond acceptors (Lipinski definition) is 2. The SMILES string of the molecule is CCc1ccccc1NC(=O)C(CC)Oc1cccc(C)c1. The van der Waals surface area contributed by atoms with Gasteiger partial charge in [0.2, 0.25) is 0 Å². The Morgan fingerprint density at radius 2 is 1.91 bits per heavy atom. The van der Waals surface area contributed by atoms with Crippen molar-refractivity contribution >= 4 is 11.6 Å². The molecule has 0 aliphatic rings. The highest BCUT2D eigenvalue weighted by Crippen LogP contribution is 2.19. The van der Waals surface area contributed by atoms with Gasteiger partial charge in [0.1, 0.15) is 5.75 Å². The van der Waals surface area contributed by atoms with E-state index in [1.165, 1.54) is 0 Å². The molecule has 0 spiro atoms. The van der Waals surface area contributed by atoms with Gasteiger partial charge >= 0.3 is 0 Å². The number of rotatable bonds is 6. The quantitative estimate of drug-likeness (QED) is 0.860. The van der Waals surface area contributed by atoms with Crippen molar-refractivity contribution in [1.82, 2.24) is 0 Å². The molecule has 2 rings (SSSR count). The number of amides is 1. The van der Waals surface area contributed by atoms with Gasteiger partial charge in [0.25, 0.3) is 5.91 Å². The number of benzene rings is 2. The number of anilines is 1. The summed E-state index contributed by atoms with van der Waals surface area (Å²) in [7, 11) is 0. The number of nitrogens with one attached hydrogen (secondary N) is 1. The summed E-state index contributed by atoms with van der Waals surface area (Å²) in [6.07, 6.45) is 1.01. The summed E-state index contributed by atoms with van der Waals surface area (Å²) in [5.41, 5.74) is 3.10. The van der Waals surface area contributed by atoms with Crippen molar-refractivity contribution in [3.8, 4) is 5.75 Å². The minimum atomic E-state index is -0.494. The molecule has 0 radical (unpaired) electrons. The van der Waals surface area contributed by atoms with Gasteiger partial charge in [0.05, 0.1) is 0 Å². The van der Waals surface area contributed by atoms with Crippen molar-refractivity contribution in [3.05, 3.63) is 59.7 Å². The molecule has 1 amide bonds. The summed E-state index contributed by atoms with van der Waals surface area (Å²) in [4.78, 5) is 12.5. The van der Waals surface area contributed by atoms with E-state index in [0.29, 0.717) is 6.42 Å². The number of aryl methyl sites for hydroxylation is 2. The van der Waals surface area contributed by atoms with E-state index in [4.69, 9.17) is 4.74 Å². The first-order valence-corrected chi connectivity index (χ1v) is 7.76. The maximum atomic E-state index is 12.5.